The van der Waals surface area contributed by atoms with Gasteiger partial charge in [-0.15, -0.1) is 0 Å². The maximum Gasteiger partial charge on any atom is 0.382 e. The van der Waals surface area contributed by atoms with Gasteiger partial charge >= 0.3 is 11.8 Å². The Kier molecular flexibility index (Phi) is 6.83. The predicted molar refractivity (Wildman–Crippen MR) is 55.0 cm³/mol. The van der Waals surface area contributed by atoms with Gasteiger partial charge in [-0.05, 0) is 13.3 Å². The molecule has 0 saturated heterocycles. The maximum atomic E-state index is 11.1. The van der Waals surface area contributed by atoms with Crippen molar-refractivity contribution < 1.29 is 23.9 Å². The lowest BCUT2D eigenvalue weighted by Gasteiger charge is -2.01. The number of rotatable bonds is 7. The largest absolute Gasteiger partial charge is 0.460 e. The van der Waals surface area contributed by atoms with E-state index in [1.807, 2.05) is 0 Å². The number of esters is 1. The van der Waals surface area contributed by atoms with Crippen molar-refractivity contribution in [1.82, 2.24) is 5.32 Å². The summed E-state index contributed by atoms with van der Waals surface area (Å²) in [6, 6.07) is 0. The SMILES string of the molecule is [B]C(=O)NCCCC(=O)C(=O)C(=O)OCC. The van der Waals surface area contributed by atoms with Crippen LogP contribution in [0.1, 0.15) is 19.8 Å². The topological polar surface area (TPSA) is 89.5 Å². The van der Waals surface area contributed by atoms with E-state index in [9.17, 15) is 19.2 Å². The Balaban J connectivity index is 3.84. The van der Waals surface area contributed by atoms with Crippen LogP contribution in [-0.2, 0) is 19.1 Å². The highest BCUT2D eigenvalue weighted by molar-refractivity contribution is 6.62. The molecule has 0 aromatic heterocycles. The van der Waals surface area contributed by atoms with E-state index in [4.69, 9.17) is 7.85 Å². The predicted octanol–water partition coefficient (Wildman–Crippen LogP) is -0.654. The molecule has 0 heterocycles. The molecule has 0 aliphatic carbocycles. The molecule has 1 N–H and O–H groups in total. The zero-order chi connectivity index (χ0) is 12.6. The van der Waals surface area contributed by atoms with Crippen molar-refractivity contribution in [3.8, 4) is 0 Å². The number of ether oxygens (including phenoxy) is 1. The fourth-order valence-electron chi connectivity index (χ4n) is 0.885. The summed E-state index contributed by atoms with van der Waals surface area (Å²) in [5.74, 6) is -3.84. The monoisotopic (exact) mass is 225 g/mol. The summed E-state index contributed by atoms with van der Waals surface area (Å²) in [7, 11) is 4.78. The van der Waals surface area contributed by atoms with Gasteiger partial charge in [0.05, 0.1) is 6.61 Å². The van der Waals surface area contributed by atoms with E-state index < -0.39 is 23.3 Å². The van der Waals surface area contributed by atoms with Gasteiger partial charge in [0.2, 0.25) is 5.78 Å². The lowest BCUT2D eigenvalue weighted by atomic mass is 10.1. The molecule has 0 bridgehead atoms. The van der Waals surface area contributed by atoms with Gasteiger partial charge in [0.15, 0.2) is 13.7 Å². The van der Waals surface area contributed by atoms with Crippen LogP contribution in [0.25, 0.3) is 0 Å². The van der Waals surface area contributed by atoms with Gasteiger partial charge in [0.1, 0.15) is 0 Å². The van der Waals surface area contributed by atoms with Crippen LogP contribution in [0.4, 0.5) is 4.79 Å². The second kappa shape index (κ2) is 7.61. The molecular weight excluding hydrogens is 213 g/mol. The molecule has 7 heteroatoms. The Hall–Kier alpha value is -1.66. The minimum Gasteiger partial charge on any atom is -0.460 e. The molecule has 2 radical (unpaired) electrons. The molecular formula is C9H12BNO5. The van der Waals surface area contributed by atoms with Gasteiger partial charge in [-0.25, -0.2) is 4.79 Å². The standard InChI is InChI=1S/C9H12BNO5/c1-2-16-8(14)7(13)6(12)4-3-5-11-9(10)15/h2-5H2,1H3,(H,11,15). The van der Waals surface area contributed by atoms with Crippen molar-refractivity contribution in [2.75, 3.05) is 13.2 Å². The van der Waals surface area contributed by atoms with Crippen molar-refractivity contribution in [1.29, 1.82) is 0 Å². The molecule has 0 aliphatic rings. The Bertz CT molecular complexity index is 302. The highest BCUT2D eigenvalue weighted by Crippen LogP contribution is 1.93. The van der Waals surface area contributed by atoms with E-state index in [1.54, 1.807) is 0 Å². The Labute approximate surface area is 94.1 Å². The first-order valence-electron chi connectivity index (χ1n) is 4.76. The van der Waals surface area contributed by atoms with E-state index in [0.717, 1.165) is 0 Å². The molecule has 0 rings (SSSR count). The average molecular weight is 225 g/mol. The summed E-state index contributed by atoms with van der Waals surface area (Å²) >= 11 is 0. The summed E-state index contributed by atoms with van der Waals surface area (Å²) in [6.07, 6.45) is 0.116. The van der Waals surface area contributed by atoms with Gasteiger partial charge in [0.25, 0.3) is 0 Å². The molecule has 0 fully saturated rings. The second-order valence-electron chi connectivity index (χ2n) is 2.87. The molecule has 0 aromatic carbocycles. The van der Waals surface area contributed by atoms with E-state index in [1.165, 1.54) is 6.92 Å². The lowest BCUT2D eigenvalue weighted by Crippen LogP contribution is -2.28. The van der Waals surface area contributed by atoms with Gasteiger partial charge < -0.3 is 10.1 Å². The van der Waals surface area contributed by atoms with Crippen molar-refractivity contribution in [2.24, 2.45) is 0 Å². The van der Waals surface area contributed by atoms with E-state index in [2.05, 4.69) is 10.1 Å². The third kappa shape index (κ3) is 5.95. The van der Waals surface area contributed by atoms with Crippen LogP contribution in [0.2, 0.25) is 0 Å². The molecule has 0 saturated carbocycles. The zero-order valence-electron chi connectivity index (χ0n) is 8.95. The van der Waals surface area contributed by atoms with E-state index >= 15 is 0 Å². The third-order valence-corrected chi connectivity index (χ3v) is 1.59. The molecule has 86 valence electrons. The smallest absolute Gasteiger partial charge is 0.382 e. The van der Waals surface area contributed by atoms with Crippen molar-refractivity contribution >= 4 is 31.2 Å². The first-order valence-corrected chi connectivity index (χ1v) is 4.76. The number of hydrogen-bond donors (Lipinski definition) is 1. The number of hydrogen-bond acceptors (Lipinski definition) is 5. The Morgan fingerprint density at radius 3 is 2.38 bits per heavy atom. The average Bonchev–Trinajstić information content (AvgIpc) is 2.23. The summed E-state index contributed by atoms with van der Waals surface area (Å²) < 4.78 is 4.37. The van der Waals surface area contributed by atoms with Crippen LogP contribution in [0.3, 0.4) is 0 Å². The van der Waals surface area contributed by atoms with Crippen molar-refractivity contribution in [2.45, 2.75) is 19.8 Å². The van der Waals surface area contributed by atoms with Gasteiger partial charge in [-0.1, -0.05) is 0 Å². The highest BCUT2D eigenvalue weighted by Gasteiger charge is 2.22. The fourth-order valence-corrected chi connectivity index (χ4v) is 0.885. The van der Waals surface area contributed by atoms with Gasteiger partial charge in [-0.2, -0.15) is 0 Å². The molecule has 6 nitrogen and oxygen atoms in total. The summed E-state index contributed by atoms with van der Waals surface area (Å²) in [5.41, 5.74) is 0. The third-order valence-electron chi connectivity index (χ3n) is 1.59. The quantitative estimate of drug-likeness (QED) is 0.204. The minimum atomic E-state index is -1.17. The van der Waals surface area contributed by atoms with Crippen LogP contribution < -0.4 is 5.32 Å². The van der Waals surface area contributed by atoms with Gasteiger partial charge in [0, 0.05) is 13.0 Å². The number of ketones is 2. The van der Waals surface area contributed by atoms with Crippen LogP contribution in [0.15, 0.2) is 0 Å². The van der Waals surface area contributed by atoms with Crippen molar-refractivity contribution in [3.63, 3.8) is 0 Å². The first kappa shape index (κ1) is 14.3. The van der Waals surface area contributed by atoms with Crippen LogP contribution in [0, 0.1) is 0 Å². The second-order valence-corrected chi connectivity index (χ2v) is 2.87. The molecule has 1 amide bonds. The number of carbonyl (C=O) groups excluding carboxylic acids is 4. The number of nitrogens with one attached hydrogen (secondary N) is 1. The Morgan fingerprint density at radius 1 is 1.25 bits per heavy atom. The van der Waals surface area contributed by atoms with E-state index in [0.29, 0.717) is 0 Å². The highest BCUT2D eigenvalue weighted by atomic mass is 16.5. The normalized spacial score (nSPS) is 9.31. The summed E-state index contributed by atoms with van der Waals surface area (Å²) in [5, 5.41) is 2.25. The molecule has 0 atom stereocenters. The maximum absolute atomic E-state index is 11.1. The molecule has 0 spiro atoms. The number of Topliss-reactive ketones (excluding diaryl/α,β-unsaturated/α-hetero) is 2. The fraction of sp³-hybridized carbons (Fsp3) is 0.556. The van der Waals surface area contributed by atoms with Crippen LogP contribution >= 0.6 is 0 Å². The molecule has 16 heavy (non-hydrogen) atoms. The number of carbonyl (C=O) groups is 4. The van der Waals surface area contributed by atoms with E-state index in [-0.39, 0.29) is 26.0 Å². The van der Waals surface area contributed by atoms with Gasteiger partial charge in [-0.3, -0.25) is 14.4 Å². The van der Waals surface area contributed by atoms with Crippen molar-refractivity contribution in [3.05, 3.63) is 0 Å². The number of amides is 1. The summed E-state index contributed by atoms with van der Waals surface area (Å²) in [6.45, 7) is 1.75. The molecule has 0 aliphatic heterocycles. The Morgan fingerprint density at radius 2 is 1.88 bits per heavy atom. The minimum absolute atomic E-state index is 0.0427. The van der Waals surface area contributed by atoms with Crippen LogP contribution in [-0.4, -0.2) is 44.3 Å². The summed E-state index contributed by atoms with van der Waals surface area (Å²) in [4.78, 5) is 43.2. The lowest BCUT2D eigenvalue weighted by molar-refractivity contribution is -0.156. The van der Waals surface area contributed by atoms with Crippen LogP contribution in [0.5, 0.6) is 0 Å². The molecule has 0 aromatic rings. The first-order chi connectivity index (χ1) is 7.49. The molecule has 0 unspecified atom stereocenters. The zero-order valence-corrected chi connectivity index (χ0v) is 8.95.